The summed E-state index contributed by atoms with van der Waals surface area (Å²) in [6.07, 6.45) is 6.34. The lowest BCUT2D eigenvalue weighted by atomic mass is 10.1. The van der Waals surface area contributed by atoms with Crippen LogP contribution in [-0.4, -0.2) is 43.6 Å². The van der Waals surface area contributed by atoms with Crippen LogP contribution in [0.2, 0.25) is 25.7 Å². The number of halogens is 1. The average Bonchev–Trinajstić information content (AvgIpc) is 2.56. The highest BCUT2D eigenvalue weighted by Gasteiger charge is 2.24. The first kappa shape index (κ1) is 24.4. The maximum Gasteiger partial charge on any atom is 0.119 e. The molecule has 0 amide bonds. The molecule has 0 fully saturated rings. The number of unbranched alkanes of at least 4 members (excludes halogenated alkanes) is 3. The molecule has 0 aromatic heterocycles. The van der Waals surface area contributed by atoms with Crippen LogP contribution < -0.4 is 10.5 Å². The van der Waals surface area contributed by atoms with Crippen LogP contribution in [0.3, 0.4) is 0 Å². The van der Waals surface area contributed by atoms with Crippen molar-refractivity contribution >= 4 is 20.5 Å². The Balaban J connectivity index is 0.00000576. The number of rotatable bonds is 12. The van der Waals surface area contributed by atoms with Gasteiger partial charge in [-0.3, -0.25) is 0 Å². The molecule has 4 N–H and O–H groups in total. The molecule has 0 radical (unpaired) electrons. The van der Waals surface area contributed by atoms with Gasteiger partial charge in [-0.2, -0.15) is 0 Å². The Kier molecular flexibility index (Phi) is 11.6. The molecule has 0 saturated heterocycles. The molecule has 0 spiro atoms. The fourth-order valence-electron chi connectivity index (χ4n) is 2.46. The van der Waals surface area contributed by atoms with Crippen LogP contribution in [-0.2, 0) is 6.42 Å². The average molecular weight is 390 g/mol. The molecule has 1 rings (SSSR count). The summed E-state index contributed by atoms with van der Waals surface area (Å²) in [5.74, 6) is 0.714. The van der Waals surface area contributed by atoms with Crippen LogP contribution in [0, 0.1) is 0 Å². The lowest BCUT2D eigenvalue weighted by molar-refractivity contribution is 0.0785. The van der Waals surface area contributed by atoms with Crippen molar-refractivity contribution in [2.45, 2.75) is 63.3 Å². The summed E-state index contributed by atoms with van der Waals surface area (Å²) >= 11 is 0. The van der Waals surface area contributed by atoms with Crippen molar-refractivity contribution in [3.63, 3.8) is 0 Å². The van der Waals surface area contributed by atoms with E-state index in [4.69, 9.17) is 20.7 Å². The minimum atomic E-state index is -1.09. The second-order valence-electron chi connectivity index (χ2n) is 8.09. The maximum atomic E-state index is 9.15. The van der Waals surface area contributed by atoms with E-state index in [0.717, 1.165) is 6.42 Å². The van der Waals surface area contributed by atoms with Crippen molar-refractivity contribution in [1.82, 2.24) is 0 Å². The number of ether oxygens (including phenoxy) is 1. The Bertz CT molecular complexity index is 459. The van der Waals surface area contributed by atoms with E-state index < -0.39 is 13.6 Å². The van der Waals surface area contributed by atoms with E-state index in [1.165, 1.54) is 37.3 Å². The van der Waals surface area contributed by atoms with E-state index in [2.05, 4.69) is 31.8 Å². The van der Waals surface area contributed by atoms with E-state index in [0.29, 0.717) is 5.75 Å². The monoisotopic (exact) mass is 389 g/mol. The quantitative estimate of drug-likeness (QED) is 0.377. The van der Waals surface area contributed by atoms with Gasteiger partial charge >= 0.3 is 0 Å². The number of benzene rings is 1. The molecule has 0 saturated carbocycles. The minimum Gasteiger partial charge on any atom is -0.491 e. The van der Waals surface area contributed by atoms with Gasteiger partial charge in [-0.15, -0.1) is 12.4 Å². The van der Waals surface area contributed by atoms with Gasteiger partial charge in [0.2, 0.25) is 0 Å². The smallest absolute Gasteiger partial charge is 0.119 e. The van der Waals surface area contributed by atoms with Crippen molar-refractivity contribution < 1.29 is 14.9 Å². The summed E-state index contributed by atoms with van der Waals surface area (Å²) in [7, 11) is -0.869. The van der Waals surface area contributed by atoms with Gasteiger partial charge in [0.15, 0.2) is 0 Å². The molecule has 0 aliphatic carbocycles. The molecule has 0 unspecified atom stereocenters. The maximum absolute atomic E-state index is 9.15. The highest BCUT2D eigenvalue weighted by atomic mass is 35.5. The van der Waals surface area contributed by atoms with Crippen LogP contribution in [0.15, 0.2) is 24.3 Å². The highest BCUT2D eigenvalue weighted by Crippen LogP contribution is 2.17. The van der Waals surface area contributed by atoms with E-state index in [9.17, 15) is 0 Å². The summed E-state index contributed by atoms with van der Waals surface area (Å²) in [5, 5.41) is 18.3. The second-order valence-corrected chi connectivity index (χ2v) is 13.7. The highest BCUT2D eigenvalue weighted by molar-refractivity contribution is 6.76. The zero-order valence-electron chi connectivity index (χ0n) is 16.0. The number of aliphatic hydroxyl groups is 2. The Labute approximate surface area is 160 Å². The summed E-state index contributed by atoms with van der Waals surface area (Å²) in [5.41, 5.74) is 6.01. The van der Waals surface area contributed by atoms with Gasteiger partial charge in [-0.1, -0.05) is 57.1 Å². The molecule has 1 aromatic carbocycles. The summed E-state index contributed by atoms with van der Waals surface area (Å²) in [6.45, 7) is 6.79. The number of hydrogen-bond donors (Lipinski definition) is 3. The summed E-state index contributed by atoms with van der Waals surface area (Å²) < 4.78 is 5.56. The predicted octanol–water partition coefficient (Wildman–Crippen LogP) is 3.61. The Hall–Kier alpha value is -0.593. The zero-order chi connectivity index (χ0) is 18.1. The first-order chi connectivity index (χ1) is 11.3. The molecule has 0 aliphatic rings. The van der Waals surface area contributed by atoms with Gasteiger partial charge < -0.3 is 20.7 Å². The fraction of sp³-hybridized carbons (Fsp3) is 0.684. The molecule has 6 heteroatoms. The number of hydrogen-bond acceptors (Lipinski definition) is 4. The molecule has 0 aliphatic heterocycles. The molecule has 146 valence electrons. The number of nitrogens with two attached hydrogens (primary N) is 1. The third-order valence-corrected chi connectivity index (χ3v) is 6.08. The van der Waals surface area contributed by atoms with E-state index in [1.54, 1.807) is 0 Å². The van der Waals surface area contributed by atoms with Crippen LogP contribution >= 0.6 is 12.4 Å². The van der Waals surface area contributed by atoms with Gasteiger partial charge in [0.25, 0.3) is 0 Å². The molecular weight excluding hydrogens is 354 g/mol. The van der Waals surface area contributed by atoms with Crippen LogP contribution in [0.5, 0.6) is 5.75 Å². The van der Waals surface area contributed by atoms with Gasteiger partial charge in [0, 0.05) is 8.07 Å². The molecule has 25 heavy (non-hydrogen) atoms. The van der Waals surface area contributed by atoms with Gasteiger partial charge in [-0.05, 0) is 30.5 Å². The molecule has 4 nitrogen and oxygen atoms in total. The second kappa shape index (κ2) is 11.9. The Morgan fingerprint density at radius 2 is 1.52 bits per heavy atom. The molecule has 0 bridgehead atoms. The third-order valence-electron chi connectivity index (χ3n) is 4.22. The van der Waals surface area contributed by atoms with Crippen LogP contribution in [0.1, 0.15) is 31.2 Å². The zero-order valence-corrected chi connectivity index (χ0v) is 17.8. The Morgan fingerprint density at radius 1 is 0.960 bits per heavy atom. The SMILES string of the molecule is C[Si](C)(C)CCCCCCc1ccc(OCC(N)(CO)CO)cc1.Cl. The lowest BCUT2D eigenvalue weighted by Gasteiger charge is -2.24. The van der Waals surface area contributed by atoms with E-state index in [1.807, 2.05) is 12.1 Å². The van der Waals surface area contributed by atoms with Crippen molar-refractivity contribution in [1.29, 1.82) is 0 Å². The van der Waals surface area contributed by atoms with Gasteiger partial charge in [-0.25, -0.2) is 0 Å². The van der Waals surface area contributed by atoms with Crippen LogP contribution in [0.25, 0.3) is 0 Å². The van der Waals surface area contributed by atoms with Crippen LogP contribution in [0.4, 0.5) is 0 Å². The van der Waals surface area contributed by atoms with E-state index >= 15 is 0 Å². The fourth-order valence-corrected chi connectivity index (χ4v) is 3.77. The summed E-state index contributed by atoms with van der Waals surface area (Å²) in [4.78, 5) is 0. The standard InChI is InChI=1S/C19H35NO3Si.ClH/c1-24(2,3)13-7-5-4-6-8-17-9-11-18(12-10-17)23-16-19(20,14-21)15-22;/h9-12,21-22H,4-8,13-16,20H2,1-3H3;1H. The van der Waals surface area contributed by atoms with Crippen molar-refractivity contribution in [3.8, 4) is 5.75 Å². The minimum absolute atomic E-state index is 0. The predicted molar refractivity (Wildman–Crippen MR) is 111 cm³/mol. The largest absolute Gasteiger partial charge is 0.491 e. The van der Waals surface area contributed by atoms with Crippen molar-refractivity contribution in [2.24, 2.45) is 5.73 Å². The van der Waals surface area contributed by atoms with Gasteiger partial charge in [0.1, 0.15) is 12.4 Å². The first-order valence-corrected chi connectivity index (χ1v) is 12.7. The Morgan fingerprint density at radius 3 is 2.04 bits per heavy atom. The first-order valence-electron chi connectivity index (χ1n) is 9.00. The molecule has 0 heterocycles. The summed E-state index contributed by atoms with van der Waals surface area (Å²) in [6, 6.07) is 9.44. The van der Waals surface area contributed by atoms with E-state index in [-0.39, 0.29) is 32.2 Å². The topological polar surface area (TPSA) is 75.7 Å². The molecular formula is C19H36ClNO3Si. The van der Waals surface area contributed by atoms with Crippen molar-refractivity contribution in [2.75, 3.05) is 19.8 Å². The molecule has 1 aromatic rings. The molecule has 0 atom stereocenters. The van der Waals surface area contributed by atoms with Gasteiger partial charge in [0.05, 0.1) is 18.8 Å². The normalized spacial score (nSPS) is 11.9. The lowest BCUT2D eigenvalue weighted by Crippen LogP contribution is -2.52. The third kappa shape index (κ3) is 10.9. The number of aryl methyl sites for hydroxylation is 1. The van der Waals surface area contributed by atoms with Crippen molar-refractivity contribution in [3.05, 3.63) is 29.8 Å². The number of aliphatic hydroxyl groups excluding tert-OH is 2.